The summed E-state index contributed by atoms with van der Waals surface area (Å²) in [7, 11) is 1.61. The number of carbonyl (C=O) groups excluding carboxylic acids is 1. The molecule has 1 heterocycles. The average molecular weight is 454 g/mol. The number of carbonyl (C=O) groups is 1. The predicted octanol–water partition coefficient (Wildman–Crippen LogP) is 5.32. The first-order valence-corrected chi connectivity index (χ1v) is 10.8. The zero-order valence-corrected chi connectivity index (χ0v) is 19.3. The van der Waals surface area contributed by atoms with E-state index >= 15 is 0 Å². The lowest BCUT2D eigenvalue weighted by atomic mass is 10.1. The van der Waals surface area contributed by atoms with Gasteiger partial charge in [-0.25, -0.2) is 4.98 Å². The summed E-state index contributed by atoms with van der Waals surface area (Å²) in [5.74, 6) is 1.63. The first-order valence-electron chi connectivity index (χ1n) is 10.5. The molecule has 0 aliphatic heterocycles. The average Bonchev–Trinajstić information content (AvgIpc) is 2.81. The molecule has 0 bridgehead atoms. The summed E-state index contributed by atoms with van der Waals surface area (Å²) in [5, 5.41) is 6.75. The molecule has 0 unspecified atom stereocenters. The van der Waals surface area contributed by atoms with E-state index < -0.39 is 0 Å². The molecule has 168 valence electrons. The molecule has 1 aromatic heterocycles. The summed E-state index contributed by atoms with van der Waals surface area (Å²) in [6, 6.07) is 16.9. The van der Waals surface area contributed by atoms with E-state index in [-0.39, 0.29) is 5.91 Å². The highest BCUT2D eigenvalue weighted by Crippen LogP contribution is 2.29. The largest absolute Gasteiger partial charge is 0.493 e. The van der Waals surface area contributed by atoms with Gasteiger partial charge in [-0.05, 0) is 47.9 Å². The van der Waals surface area contributed by atoms with Crippen molar-refractivity contribution in [3.63, 3.8) is 0 Å². The molecule has 2 aromatic carbocycles. The van der Waals surface area contributed by atoms with Crippen LogP contribution >= 0.6 is 11.6 Å². The first-order chi connectivity index (χ1) is 15.4. The van der Waals surface area contributed by atoms with Crippen molar-refractivity contribution in [3.8, 4) is 11.5 Å². The van der Waals surface area contributed by atoms with Crippen LogP contribution in [0.2, 0.25) is 5.15 Å². The maximum atomic E-state index is 12.3. The molecule has 0 radical (unpaired) electrons. The van der Waals surface area contributed by atoms with Gasteiger partial charge in [0.05, 0.1) is 7.11 Å². The van der Waals surface area contributed by atoms with Crippen LogP contribution in [0.25, 0.3) is 0 Å². The minimum atomic E-state index is -0.0681. The molecule has 2 N–H and O–H groups in total. The van der Waals surface area contributed by atoms with Gasteiger partial charge in [0, 0.05) is 36.1 Å². The fraction of sp³-hybridized carbons (Fsp3) is 0.280. The Morgan fingerprint density at radius 2 is 1.88 bits per heavy atom. The number of hydrogen-bond donors (Lipinski definition) is 2. The standard InChI is InChI=1S/C25H28ClN3O3/c1-17(2)13-29-25(30)20-5-4-6-21(12-20)27-14-18-7-9-22(23(11-18)31-3)32-16-19-8-10-24(26)28-15-19/h4-12,15,17,27H,13-14,16H2,1-3H3,(H,29,30). The maximum Gasteiger partial charge on any atom is 0.251 e. The van der Waals surface area contributed by atoms with Gasteiger partial charge in [0.2, 0.25) is 0 Å². The van der Waals surface area contributed by atoms with Crippen molar-refractivity contribution < 1.29 is 14.3 Å². The molecule has 7 heteroatoms. The number of nitrogens with one attached hydrogen (secondary N) is 2. The van der Waals surface area contributed by atoms with Gasteiger partial charge in [-0.15, -0.1) is 0 Å². The number of ether oxygens (including phenoxy) is 2. The van der Waals surface area contributed by atoms with Gasteiger partial charge < -0.3 is 20.1 Å². The van der Waals surface area contributed by atoms with Crippen molar-refractivity contribution >= 4 is 23.2 Å². The second-order valence-corrected chi connectivity index (χ2v) is 8.19. The highest BCUT2D eigenvalue weighted by atomic mass is 35.5. The molecule has 0 aliphatic rings. The third kappa shape index (κ3) is 6.89. The molecule has 0 saturated carbocycles. The Morgan fingerprint density at radius 1 is 1.06 bits per heavy atom. The molecule has 0 atom stereocenters. The Labute approximate surface area is 193 Å². The number of anilines is 1. The first kappa shape index (κ1) is 23.4. The van der Waals surface area contributed by atoms with E-state index in [1.807, 2.05) is 48.5 Å². The molecule has 0 fully saturated rings. The number of benzene rings is 2. The quantitative estimate of drug-likeness (QED) is 0.406. The summed E-state index contributed by atoms with van der Waals surface area (Å²) in [5.41, 5.74) is 3.45. The van der Waals surface area contributed by atoms with Crippen LogP contribution < -0.4 is 20.1 Å². The van der Waals surface area contributed by atoms with E-state index in [0.29, 0.717) is 47.8 Å². The summed E-state index contributed by atoms with van der Waals surface area (Å²) in [4.78, 5) is 16.4. The molecule has 6 nitrogen and oxygen atoms in total. The minimum Gasteiger partial charge on any atom is -0.493 e. The SMILES string of the molecule is COc1cc(CNc2cccc(C(=O)NCC(C)C)c2)ccc1OCc1ccc(Cl)nc1. The van der Waals surface area contributed by atoms with E-state index in [1.54, 1.807) is 19.4 Å². The van der Waals surface area contributed by atoms with Gasteiger partial charge in [-0.1, -0.05) is 43.6 Å². The Bertz CT molecular complexity index is 1040. The van der Waals surface area contributed by atoms with Gasteiger partial charge in [-0.2, -0.15) is 0 Å². The number of halogens is 1. The zero-order chi connectivity index (χ0) is 22.9. The van der Waals surface area contributed by atoms with Crippen molar-refractivity contribution in [1.82, 2.24) is 10.3 Å². The van der Waals surface area contributed by atoms with Gasteiger partial charge in [0.1, 0.15) is 11.8 Å². The zero-order valence-electron chi connectivity index (χ0n) is 18.5. The maximum absolute atomic E-state index is 12.3. The lowest BCUT2D eigenvalue weighted by molar-refractivity contribution is 0.0949. The van der Waals surface area contributed by atoms with E-state index in [0.717, 1.165) is 16.8 Å². The molecule has 3 rings (SSSR count). The Hall–Kier alpha value is -3.25. The van der Waals surface area contributed by atoms with Crippen molar-refractivity contribution in [1.29, 1.82) is 0 Å². The van der Waals surface area contributed by atoms with E-state index in [4.69, 9.17) is 21.1 Å². The molecule has 1 amide bonds. The number of aromatic nitrogens is 1. The molecular formula is C25H28ClN3O3. The normalized spacial score (nSPS) is 10.7. The number of rotatable bonds is 10. The van der Waals surface area contributed by atoms with E-state index in [1.165, 1.54) is 0 Å². The smallest absolute Gasteiger partial charge is 0.251 e. The van der Waals surface area contributed by atoms with Crippen LogP contribution in [0.15, 0.2) is 60.8 Å². The fourth-order valence-electron chi connectivity index (χ4n) is 2.97. The van der Waals surface area contributed by atoms with Gasteiger partial charge in [0.25, 0.3) is 5.91 Å². The number of hydrogen-bond acceptors (Lipinski definition) is 5. The third-order valence-electron chi connectivity index (χ3n) is 4.70. The second-order valence-electron chi connectivity index (χ2n) is 7.80. The highest BCUT2D eigenvalue weighted by Gasteiger charge is 2.09. The van der Waals surface area contributed by atoms with Crippen molar-refractivity contribution in [2.24, 2.45) is 5.92 Å². The van der Waals surface area contributed by atoms with Crippen LogP contribution in [0, 0.1) is 5.92 Å². The van der Waals surface area contributed by atoms with Crippen LogP contribution in [0.1, 0.15) is 35.3 Å². The minimum absolute atomic E-state index is 0.0681. The van der Waals surface area contributed by atoms with Crippen molar-refractivity contribution in [3.05, 3.63) is 82.6 Å². The molecule has 0 spiro atoms. The highest BCUT2D eigenvalue weighted by molar-refractivity contribution is 6.29. The van der Waals surface area contributed by atoms with E-state index in [2.05, 4.69) is 29.5 Å². The van der Waals surface area contributed by atoms with Crippen LogP contribution in [-0.2, 0) is 13.2 Å². The molecule has 32 heavy (non-hydrogen) atoms. The number of amides is 1. The molecular weight excluding hydrogens is 426 g/mol. The van der Waals surface area contributed by atoms with Gasteiger partial charge >= 0.3 is 0 Å². The number of methoxy groups -OCH3 is 1. The lowest BCUT2D eigenvalue weighted by Crippen LogP contribution is -2.27. The monoisotopic (exact) mass is 453 g/mol. The number of pyridine rings is 1. The second kappa shape index (κ2) is 11.4. The predicted molar refractivity (Wildman–Crippen MR) is 128 cm³/mol. The molecule has 3 aromatic rings. The summed E-state index contributed by atoms with van der Waals surface area (Å²) in [6.45, 7) is 5.73. The van der Waals surface area contributed by atoms with Crippen molar-refractivity contribution in [2.45, 2.75) is 27.0 Å². The fourth-order valence-corrected chi connectivity index (χ4v) is 3.08. The summed E-state index contributed by atoms with van der Waals surface area (Å²) < 4.78 is 11.4. The van der Waals surface area contributed by atoms with E-state index in [9.17, 15) is 4.79 Å². The van der Waals surface area contributed by atoms with Gasteiger partial charge in [-0.3, -0.25) is 4.79 Å². The Kier molecular flexibility index (Phi) is 8.34. The van der Waals surface area contributed by atoms with Crippen LogP contribution in [0.5, 0.6) is 11.5 Å². The number of nitrogens with zero attached hydrogens (tertiary/aromatic N) is 1. The summed E-state index contributed by atoms with van der Waals surface area (Å²) in [6.07, 6.45) is 1.68. The van der Waals surface area contributed by atoms with Crippen LogP contribution in [-0.4, -0.2) is 24.5 Å². The summed E-state index contributed by atoms with van der Waals surface area (Å²) >= 11 is 5.82. The molecule has 0 aliphatic carbocycles. The topological polar surface area (TPSA) is 72.5 Å². The van der Waals surface area contributed by atoms with Crippen LogP contribution in [0.4, 0.5) is 5.69 Å². The van der Waals surface area contributed by atoms with Crippen molar-refractivity contribution in [2.75, 3.05) is 19.0 Å². The van der Waals surface area contributed by atoms with Gasteiger partial charge in [0.15, 0.2) is 11.5 Å². The van der Waals surface area contributed by atoms with Crippen LogP contribution in [0.3, 0.4) is 0 Å². The Morgan fingerprint density at radius 3 is 2.59 bits per heavy atom. The Balaban J connectivity index is 1.60. The third-order valence-corrected chi connectivity index (χ3v) is 4.93. The molecule has 0 saturated heterocycles. The lowest BCUT2D eigenvalue weighted by Gasteiger charge is -2.13.